The molecule has 1 aliphatic heterocycles. The van der Waals surface area contributed by atoms with Gasteiger partial charge in [0.1, 0.15) is 0 Å². The predicted molar refractivity (Wildman–Crippen MR) is 60.7 cm³/mol. The monoisotopic (exact) mass is 194 g/mol. The van der Waals surface area contributed by atoms with Crippen molar-refractivity contribution in [3.05, 3.63) is 0 Å². The summed E-state index contributed by atoms with van der Waals surface area (Å²) in [6, 6.07) is 0. The number of nitrogens with zero attached hydrogens (tertiary/aromatic N) is 1. The Morgan fingerprint density at radius 3 is 2.50 bits per heavy atom. The van der Waals surface area contributed by atoms with Crippen LogP contribution in [0.4, 0.5) is 0 Å². The minimum absolute atomic E-state index is 0.917. The zero-order valence-electron chi connectivity index (χ0n) is 9.10. The maximum absolute atomic E-state index is 4.45. The minimum atomic E-state index is 0.917. The van der Waals surface area contributed by atoms with E-state index >= 15 is 0 Å². The van der Waals surface area contributed by atoms with Crippen molar-refractivity contribution in [2.45, 2.75) is 51.4 Å². The molecule has 0 unspecified atom stereocenters. The molecule has 2 heteroatoms. The van der Waals surface area contributed by atoms with Gasteiger partial charge in [0.25, 0.3) is 0 Å². The van der Waals surface area contributed by atoms with E-state index in [0.29, 0.717) is 0 Å². The molecule has 0 saturated heterocycles. The number of hydrogen-bond donors (Lipinski definition) is 1. The van der Waals surface area contributed by atoms with Crippen molar-refractivity contribution in [2.24, 2.45) is 10.9 Å². The number of aliphatic imine (C=N–C) groups is 1. The van der Waals surface area contributed by atoms with Crippen molar-refractivity contribution in [3.8, 4) is 0 Å². The molecule has 0 spiro atoms. The molecule has 1 N–H and O–H groups in total. The van der Waals surface area contributed by atoms with E-state index < -0.39 is 0 Å². The van der Waals surface area contributed by atoms with Crippen LogP contribution in [-0.2, 0) is 0 Å². The fourth-order valence-electron chi connectivity index (χ4n) is 2.51. The van der Waals surface area contributed by atoms with E-state index in [2.05, 4.69) is 10.3 Å². The third kappa shape index (κ3) is 3.00. The summed E-state index contributed by atoms with van der Waals surface area (Å²) in [5.74, 6) is 2.19. The van der Waals surface area contributed by atoms with Crippen molar-refractivity contribution in [1.29, 1.82) is 0 Å². The normalized spacial score (nSPS) is 24.4. The van der Waals surface area contributed by atoms with Gasteiger partial charge < -0.3 is 5.32 Å². The van der Waals surface area contributed by atoms with E-state index in [0.717, 1.165) is 12.5 Å². The van der Waals surface area contributed by atoms with Gasteiger partial charge in [-0.1, -0.05) is 25.7 Å². The van der Waals surface area contributed by atoms with Crippen molar-refractivity contribution < 1.29 is 0 Å². The first-order chi connectivity index (χ1) is 6.95. The molecule has 2 rings (SSSR count). The molecular weight excluding hydrogens is 172 g/mol. The van der Waals surface area contributed by atoms with Gasteiger partial charge >= 0.3 is 0 Å². The standard InChI is InChI=1S/C12H22N2/c1-2-4-7-11(6-3-1)10-14-12-8-5-9-13-12/h11H,1-10H2,(H,13,14). The molecule has 0 atom stereocenters. The molecule has 0 aromatic heterocycles. The van der Waals surface area contributed by atoms with Crippen LogP contribution in [-0.4, -0.2) is 18.9 Å². The lowest BCUT2D eigenvalue weighted by molar-refractivity contribution is 0.453. The molecule has 1 saturated carbocycles. The summed E-state index contributed by atoms with van der Waals surface area (Å²) in [4.78, 5) is 4.45. The summed E-state index contributed by atoms with van der Waals surface area (Å²) in [6.45, 7) is 2.23. The molecule has 1 fully saturated rings. The summed E-state index contributed by atoms with van der Waals surface area (Å²) < 4.78 is 0. The van der Waals surface area contributed by atoms with Gasteiger partial charge in [-0.25, -0.2) is 0 Å². The van der Waals surface area contributed by atoms with Crippen LogP contribution in [0.3, 0.4) is 0 Å². The van der Waals surface area contributed by atoms with Gasteiger partial charge in [0, 0.05) is 19.5 Å². The maximum atomic E-state index is 4.45. The fourth-order valence-corrected chi connectivity index (χ4v) is 2.51. The molecule has 2 aliphatic rings. The van der Waals surface area contributed by atoms with E-state index in [1.165, 1.54) is 63.7 Å². The molecule has 1 heterocycles. The molecule has 0 radical (unpaired) electrons. The Morgan fingerprint density at radius 2 is 1.86 bits per heavy atom. The van der Waals surface area contributed by atoms with Crippen molar-refractivity contribution in [3.63, 3.8) is 0 Å². The molecule has 2 nitrogen and oxygen atoms in total. The van der Waals surface area contributed by atoms with E-state index in [9.17, 15) is 0 Å². The average molecular weight is 194 g/mol. The highest BCUT2D eigenvalue weighted by Crippen LogP contribution is 2.22. The number of hydrogen-bond acceptors (Lipinski definition) is 2. The Bertz CT molecular complexity index is 190. The Labute approximate surface area is 87.2 Å². The lowest BCUT2D eigenvalue weighted by Gasteiger charge is -2.15. The summed E-state index contributed by atoms with van der Waals surface area (Å²) in [7, 11) is 0. The number of rotatable bonds is 2. The molecule has 0 bridgehead atoms. The van der Waals surface area contributed by atoms with E-state index in [-0.39, 0.29) is 0 Å². The Kier molecular flexibility index (Phi) is 3.84. The van der Waals surface area contributed by atoms with E-state index in [1.807, 2.05) is 0 Å². The van der Waals surface area contributed by atoms with Crippen molar-refractivity contribution in [2.75, 3.05) is 13.1 Å². The van der Waals surface area contributed by atoms with Gasteiger partial charge in [0.2, 0.25) is 0 Å². The zero-order valence-corrected chi connectivity index (χ0v) is 9.10. The van der Waals surface area contributed by atoms with Gasteiger partial charge in [-0.15, -0.1) is 0 Å². The fraction of sp³-hybridized carbons (Fsp3) is 0.917. The Morgan fingerprint density at radius 1 is 1.07 bits per heavy atom. The molecule has 1 aliphatic carbocycles. The molecule has 0 amide bonds. The van der Waals surface area contributed by atoms with Crippen LogP contribution in [0.15, 0.2) is 4.99 Å². The maximum Gasteiger partial charge on any atom is 0.0963 e. The van der Waals surface area contributed by atoms with Crippen LogP contribution in [0.25, 0.3) is 0 Å². The van der Waals surface area contributed by atoms with Crippen LogP contribution < -0.4 is 5.32 Å². The molecule has 0 aromatic carbocycles. The smallest absolute Gasteiger partial charge is 0.0963 e. The molecule has 80 valence electrons. The van der Waals surface area contributed by atoms with Gasteiger partial charge in [-0.05, 0) is 25.2 Å². The summed E-state index contributed by atoms with van der Waals surface area (Å²) >= 11 is 0. The quantitative estimate of drug-likeness (QED) is 0.672. The highest BCUT2D eigenvalue weighted by molar-refractivity contribution is 5.83. The summed E-state index contributed by atoms with van der Waals surface area (Å²) in [6.07, 6.45) is 11.1. The van der Waals surface area contributed by atoms with Gasteiger partial charge in [0.15, 0.2) is 0 Å². The summed E-state index contributed by atoms with van der Waals surface area (Å²) in [5, 5.41) is 3.53. The predicted octanol–water partition coefficient (Wildman–Crippen LogP) is 2.74. The Balaban J connectivity index is 1.68. The third-order valence-corrected chi connectivity index (χ3v) is 3.44. The van der Waals surface area contributed by atoms with Crippen LogP contribution in [0.5, 0.6) is 0 Å². The van der Waals surface area contributed by atoms with Crippen molar-refractivity contribution >= 4 is 5.84 Å². The van der Waals surface area contributed by atoms with E-state index in [4.69, 9.17) is 0 Å². The lowest BCUT2D eigenvalue weighted by atomic mass is 10.0. The Hall–Kier alpha value is -0.530. The van der Waals surface area contributed by atoms with Gasteiger partial charge in [-0.2, -0.15) is 0 Å². The average Bonchev–Trinajstić information content (AvgIpc) is 2.58. The van der Waals surface area contributed by atoms with Crippen LogP contribution in [0.2, 0.25) is 0 Å². The van der Waals surface area contributed by atoms with E-state index in [1.54, 1.807) is 0 Å². The third-order valence-electron chi connectivity index (χ3n) is 3.44. The highest BCUT2D eigenvalue weighted by Gasteiger charge is 2.13. The second-order valence-corrected chi connectivity index (χ2v) is 4.67. The van der Waals surface area contributed by atoms with Gasteiger partial charge in [0.05, 0.1) is 5.84 Å². The summed E-state index contributed by atoms with van der Waals surface area (Å²) in [5.41, 5.74) is 0. The molecule has 0 aromatic rings. The zero-order chi connectivity index (χ0) is 9.64. The van der Waals surface area contributed by atoms with Crippen LogP contribution >= 0.6 is 0 Å². The minimum Gasteiger partial charge on any atom is -0.374 e. The first kappa shape index (κ1) is 10.0. The lowest BCUT2D eigenvalue weighted by Crippen LogP contribution is -2.27. The topological polar surface area (TPSA) is 24.4 Å². The number of amidine groups is 1. The van der Waals surface area contributed by atoms with Crippen LogP contribution in [0, 0.1) is 5.92 Å². The van der Waals surface area contributed by atoms with Crippen LogP contribution in [0.1, 0.15) is 51.4 Å². The molecular formula is C12H22N2. The second kappa shape index (κ2) is 5.38. The second-order valence-electron chi connectivity index (χ2n) is 4.67. The first-order valence-electron chi connectivity index (χ1n) is 6.22. The van der Waals surface area contributed by atoms with Crippen molar-refractivity contribution in [1.82, 2.24) is 5.32 Å². The number of nitrogens with one attached hydrogen (secondary N) is 1. The van der Waals surface area contributed by atoms with Gasteiger partial charge in [-0.3, -0.25) is 4.99 Å². The largest absolute Gasteiger partial charge is 0.374 e. The first-order valence-corrected chi connectivity index (χ1v) is 6.22. The SMILES string of the molecule is C1CCCC(CNC2=NCCC2)CC1. The highest BCUT2D eigenvalue weighted by atomic mass is 15.0. The molecule has 14 heavy (non-hydrogen) atoms.